The third-order valence-electron chi connectivity index (χ3n) is 3.56. The van der Waals surface area contributed by atoms with Crippen molar-refractivity contribution in [3.8, 4) is 0 Å². The quantitative estimate of drug-likeness (QED) is 0.846. The van der Waals surface area contributed by atoms with Gasteiger partial charge in [0.25, 0.3) is 0 Å². The van der Waals surface area contributed by atoms with Crippen molar-refractivity contribution in [3.63, 3.8) is 0 Å². The number of benzene rings is 1. The lowest BCUT2D eigenvalue weighted by Gasteiger charge is -2.25. The zero-order chi connectivity index (χ0) is 14.9. The number of hydrogen-bond donors (Lipinski definition) is 1. The third-order valence-corrected chi connectivity index (χ3v) is 3.56. The first-order valence-electron chi connectivity index (χ1n) is 6.97. The summed E-state index contributed by atoms with van der Waals surface area (Å²) in [5.74, 6) is -0.758. The zero-order valence-corrected chi connectivity index (χ0v) is 12.5. The fourth-order valence-corrected chi connectivity index (χ4v) is 2.64. The van der Waals surface area contributed by atoms with E-state index < -0.39 is 5.60 Å². The average Bonchev–Trinajstić information content (AvgIpc) is 2.79. The molecule has 0 spiro atoms. The van der Waals surface area contributed by atoms with Gasteiger partial charge in [-0.15, -0.1) is 0 Å². The Hall–Kier alpha value is -1.42. The second-order valence-electron chi connectivity index (χ2n) is 6.41. The Bertz CT molecular complexity index is 508. The Morgan fingerprint density at radius 1 is 1.35 bits per heavy atom. The first-order valence-corrected chi connectivity index (χ1v) is 6.97. The van der Waals surface area contributed by atoms with Crippen LogP contribution in [0.4, 0.5) is 4.39 Å². The van der Waals surface area contributed by atoms with Crippen LogP contribution in [0.25, 0.3) is 0 Å². The summed E-state index contributed by atoms with van der Waals surface area (Å²) in [6.07, 6.45) is 0. The molecule has 1 N–H and O–H groups in total. The van der Waals surface area contributed by atoms with Crippen LogP contribution in [0, 0.1) is 18.7 Å². The Balaban J connectivity index is 2.23. The van der Waals surface area contributed by atoms with Crippen molar-refractivity contribution in [2.75, 3.05) is 13.1 Å². The molecule has 2 rings (SSSR count). The number of esters is 1. The number of carbonyl (C=O) groups excluding carboxylic acids is 1. The van der Waals surface area contributed by atoms with Gasteiger partial charge >= 0.3 is 5.97 Å². The number of nitrogens with one attached hydrogen (secondary N) is 1. The molecule has 0 aromatic heterocycles. The maximum Gasteiger partial charge on any atom is 0.311 e. The topological polar surface area (TPSA) is 38.3 Å². The Morgan fingerprint density at radius 3 is 2.70 bits per heavy atom. The molecule has 110 valence electrons. The summed E-state index contributed by atoms with van der Waals surface area (Å²) in [5.41, 5.74) is 1.40. The van der Waals surface area contributed by atoms with Gasteiger partial charge in [0.05, 0.1) is 5.92 Å². The number of halogens is 1. The lowest BCUT2D eigenvalue weighted by Crippen LogP contribution is -2.32. The van der Waals surface area contributed by atoms with Gasteiger partial charge in [0.1, 0.15) is 11.4 Å². The smallest absolute Gasteiger partial charge is 0.311 e. The number of aryl methyl sites for hydroxylation is 1. The first kappa shape index (κ1) is 15.0. The molecule has 0 bridgehead atoms. The van der Waals surface area contributed by atoms with Crippen molar-refractivity contribution in [2.45, 2.75) is 39.2 Å². The van der Waals surface area contributed by atoms with Gasteiger partial charge in [-0.25, -0.2) is 4.39 Å². The summed E-state index contributed by atoms with van der Waals surface area (Å²) in [6.45, 7) is 8.77. The van der Waals surface area contributed by atoms with E-state index in [-0.39, 0.29) is 23.6 Å². The highest BCUT2D eigenvalue weighted by atomic mass is 19.1. The molecule has 1 aliphatic rings. The molecule has 0 unspecified atom stereocenters. The zero-order valence-electron chi connectivity index (χ0n) is 12.5. The van der Waals surface area contributed by atoms with E-state index >= 15 is 0 Å². The maximum atomic E-state index is 13.5. The van der Waals surface area contributed by atoms with Crippen LogP contribution in [0.3, 0.4) is 0 Å². The predicted octanol–water partition coefficient (Wildman–Crippen LogP) is 2.78. The standard InChI is InChI=1S/C16H22FNO2/c1-10-5-6-11(17)7-12(10)13-8-18-9-14(13)15(19)20-16(2,3)4/h5-7,13-14,18H,8-9H2,1-4H3/t13-,14+/m0/s1. The van der Waals surface area contributed by atoms with Crippen LogP contribution in [-0.2, 0) is 9.53 Å². The molecule has 4 heteroatoms. The van der Waals surface area contributed by atoms with Crippen LogP contribution in [-0.4, -0.2) is 24.7 Å². The highest BCUT2D eigenvalue weighted by Gasteiger charge is 2.37. The van der Waals surface area contributed by atoms with E-state index in [1.54, 1.807) is 6.07 Å². The van der Waals surface area contributed by atoms with Gasteiger partial charge in [0.2, 0.25) is 0 Å². The van der Waals surface area contributed by atoms with Gasteiger partial charge in [0, 0.05) is 19.0 Å². The van der Waals surface area contributed by atoms with Crippen LogP contribution < -0.4 is 5.32 Å². The molecule has 0 saturated carbocycles. The molecule has 1 saturated heterocycles. The molecule has 0 amide bonds. The Labute approximate surface area is 119 Å². The van der Waals surface area contributed by atoms with Crippen LogP contribution in [0.15, 0.2) is 18.2 Å². The van der Waals surface area contributed by atoms with E-state index in [4.69, 9.17) is 4.74 Å². The number of rotatable bonds is 2. The monoisotopic (exact) mass is 279 g/mol. The minimum atomic E-state index is -0.499. The van der Waals surface area contributed by atoms with E-state index in [1.807, 2.05) is 27.7 Å². The van der Waals surface area contributed by atoms with E-state index in [2.05, 4.69) is 5.32 Å². The van der Waals surface area contributed by atoms with Crippen LogP contribution in [0.1, 0.15) is 37.8 Å². The van der Waals surface area contributed by atoms with E-state index in [1.165, 1.54) is 12.1 Å². The lowest BCUT2D eigenvalue weighted by atomic mass is 9.86. The average molecular weight is 279 g/mol. The fraction of sp³-hybridized carbons (Fsp3) is 0.562. The van der Waals surface area contributed by atoms with E-state index in [9.17, 15) is 9.18 Å². The Morgan fingerprint density at radius 2 is 2.05 bits per heavy atom. The molecule has 1 aromatic carbocycles. The van der Waals surface area contributed by atoms with Crippen molar-refractivity contribution in [3.05, 3.63) is 35.1 Å². The van der Waals surface area contributed by atoms with E-state index in [0.29, 0.717) is 13.1 Å². The van der Waals surface area contributed by atoms with Gasteiger partial charge in [-0.3, -0.25) is 4.79 Å². The molecule has 1 aliphatic heterocycles. The summed E-state index contributed by atoms with van der Waals surface area (Å²) < 4.78 is 18.9. The first-order chi connectivity index (χ1) is 9.28. The van der Waals surface area contributed by atoms with Crippen LogP contribution >= 0.6 is 0 Å². The predicted molar refractivity (Wildman–Crippen MR) is 76.1 cm³/mol. The van der Waals surface area contributed by atoms with Crippen molar-refractivity contribution < 1.29 is 13.9 Å². The van der Waals surface area contributed by atoms with Crippen molar-refractivity contribution in [2.24, 2.45) is 5.92 Å². The minimum absolute atomic E-state index is 0.0273. The van der Waals surface area contributed by atoms with E-state index in [0.717, 1.165) is 11.1 Å². The summed E-state index contributed by atoms with van der Waals surface area (Å²) in [4.78, 5) is 12.3. The maximum absolute atomic E-state index is 13.5. The minimum Gasteiger partial charge on any atom is -0.460 e. The van der Waals surface area contributed by atoms with Gasteiger partial charge in [-0.05, 0) is 51.0 Å². The van der Waals surface area contributed by atoms with Crippen LogP contribution in [0.2, 0.25) is 0 Å². The normalized spacial score (nSPS) is 22.9. The summed E-state index contributed by atoms with van der Waals surface area (Å²) in [7, 11) is 0. The molecular weight excluding hydrogens is 257 g/mol. The molecule has 0 aliphatic carbocycles. The van der Waals surface area contributed by atoms with Gasteiger partial charge in [-0.2, -0.15) is 0 Å². The molecule has 3 nitrogen and oxygen atoms in total. The number of ether oxygens (including phenoxy) is 1. The van der Waals surface area contributed by atoms with Gasteiger partial charge in [-0.1, -0.05) is 6.07 Å². The molecule has 0 radical (unpaired) electrons. The molecular formula is C16H22FNO2. The highest BCUT2D eigenvalue weighted by molar-refractivity contribution is 5.75. The highest BCUT2D eigenvalue weighted by Crippen LogP contribution is 2.32. The van der Waals surface area contributed by atoms with Crippen molar-refractivity contribution >= 4 is 5.97 Å². The largest absolute Gasteiger partial charge is 0.460 e. The van der Waals surface area contributed by atoms with Gasteiger partial charge < -0.3 is 10.1 Å². The SMILES string of the molecule is Cc1ccc(F)cc1[C@@H]1CNC[C@H]1C(=O)OC(C)(C)C. The van der Waals surface area contributed by atoms with Crippen molar-refractivity contribution in [1.29, 1.82) is 0 Å². The Kier molecular flexibility index (Phi) is 4.14. The summed E-state index contributed by atoms with van der Waals surface area (Å²) in [6, 6.07) is 4.74. The molecule has 20 heavy (non-hydrogen) atoms. The van der Waals surface area contributed by atoms with Crippen molar-refractivity contribution in [1.82, 2.24) is 5.32 Å². The molecule has 2 atom stereocenters. The molecule has 1 fully saturated rings. The second kappa shape index (κ2) is 5.52. The number of hydrogen-bond acceptors (Lipinski definition) is 3. The molecule has 1 aromatic rings. The number of carbonyl (C=O) groups is 1. The fourth-order valence-electron chi connectivity index (χ4n) is 2.64. The third kappa shape index (κ3) is 3.37. The lowest BCUT2D eigenvalue weighted by molar-refractivity contribution is -0.159. The molecule has 1 heterocycles. The summed E-state index contributed by atoms with van der Waals surface area (Å²) in [5, 5.41) is 3.21. The van der Waals surface area contributed by atoms with Crippen LogP contribution in [0.5, 0.6) is 0 Å². The summed E-state index contributed by atoms with van der Waals surface area (Å²) >= 11 is 0. The second-order valence-corrected chi connectivity index (χ2v) is 6.41. The van der Waals surface area contributed by atoms with Gasteiger partial charge in [0.15, 0.2) is 0 Å².